The first-order valence-electron chi connectivity index (χ1n) is 6.14. The summed E-state index contributed by atoms with van der Waals surface area (Å²) in [5.74, 6) is -1.33. The Balaban J connectivity index is 2.28. The number of rotatable bonds is 6. The van der Waals surface area contributed by atoms with Gasteiger partial charge in [-0.15, -0.1) is 0 Å². The van der Waals surface area contributed by atoms with E-state index < -0.39 is 17.8 Å². The predicted molar refractivity (Wildman–Crippen MR) is 79.5 cm³/mol. The summed E-state index contributed by atoms with van der Waals surface area (Å²) in [6.07, 6.45) is -0.175. The standard InChI is InChI=1S/C13H14Cl2N2O5/c1-21-13(20)5-4-11(18)16-17-12(19)7-22-10-3-2-8(14)6-9(10)15/h2-3,6H,4-5,7H2,1H3,(H,16,18)(H,17,19). The third-order valence-electron chi connectivity index (χ3n) is 2.38. The molecule has 0 aliphatic heterocycles. The first kappa shape index (κ1) is 18.1. The van der Waals surface area contributed by atoms with Gasteiger partial charge in [-0.05, 0) is 18.2 Å². The van der Waals surface area contributed by atoms with Crippen molar-refractivity contribution in [3.8, 4) is 5.75 Å². The highest BCUT2D eigenvalue weighted by Crippen LogP contribution is 2.27. The molecule has 9 heteroatoms. The molecule has 1 rings (SSSR count). The maximum absolute atomic E-state index is 11.5. The summed E-state index contributed by atoms with van der Waals surface area (Å²) in [4.78, 5) is 33.6. The molecule has 0 spiro atoms. The molecule has 1 aromatic carbocycles. The molecule has 0 aromatic heterocycles. The number of ether oxygens (including phenoxy) is 2. The number of halogens is 2. The normalized spacial score (nSPS) is 9.77. The van der Waals surface area contributed by atoms with Crippen LogP contribution in [-0.4, -0.2) is 31.5 Å². The van der Waals surface area contributed by atoms with Crippen LogP contribution in [0.15, 0.2) is 18.2 Å². The molecule has 0 saturated heterocycles. The Morgan fingerprint density at radius 3 is 2.41 bits per heavy atom. The fraction of sp³-hybridized carbons (Fsp3) is 0.308. The lowest BCUT2D eigenvalue weighted by Crippen LogP contribution is -2.43. The van der Waals surface area contributed by atoms with Crippen molar-refractivity contribution in [2.75, 3.05) is 13.7 Å². The highest BCUT2D eigenvalue weighted by Gasteiger charge is 2.09. The quantitative estimate of drug-likeness (QED) is 0.599. The molecule has 0 aliphatic rings. The lowest BCUT2D eigenvalue weighted by atomic mass is 10.3. The third kappa shape index (κ3) is 6.64. The van der Waals surface area contributed by atoms with Crippen LogP contribution >= 0.6 is 23.2 Å². The highest BCUT2D eigenvalue weighted by molar-refractivity contribution is 6.35. The average Bonchev–Trinajstić information content (AvgIpc) is 2.49. The Kier molecular flexibility index (Phi) is 7.48. The molecule has 0 fully saturated rings. The van der Waals surface area contributed by atoms with Gasteiger partial charge in [-0.3, -0.25) is 25.2 Å². The number of nitrogens with one attached hydrogen (secondary N) is 2. The van der Waals surface area contributed by atoms with E-state index in [1.165, 1.54) is 19.2 Å². The fourth-order valence-corrected chi connectivity index (χ4v) is 1.75. The van der Waals surface area contributed by atoms with Crippen molar-refractivity contribution in [1.29, 1.82) is 0 Å². The van der Waals surface area contributed by atoms with Crippen molar-refractivity contribution in [3.05, 3.63) is 28.2 Å². The average molecular weight is 349 g/mol. The molecule has 0 unspecified atom stereocenters. The minimum Gasteiger partial charge on any atom is -0.482 e. The highest BCUT2D eigenvalue weighted by atomic mass is 35.5. The number of hydrogen-bond donors (Lipinski definition) is 2. The number of benzene rings is 1. The van der Waals surface area contributed by atoms with Crippen molar-refractivity contribution in [1.82, 2.24) is 10.9 Å². The van der Waals surface area contributed by atoms with E-state index in [-0.39, 0.29) is 24.5 Å². The van der Waals surface area contributed by atoms with Crippen LogP contribution in [0.1, 0.15) is 12.8 Å². The van der Waals surface area contributed by atoms with Crippen molar-refractivity contribution in [2.45, 2.75) is 12.8 Å². The molecule has 0 bridgehead atoms. The molecule has 120 valence electrons. The maximum Gasteiger partial charge on any atom is 0.306 e. The Morgan fingerprint density at radius 2 is 1.77 bits per heavy atom. The van der Waals surface area contributed by atoms with Crippen molar-refractivity contribution < 1.29 is 23.9 Å². The SMILES string of the molecule is COC(=O)CCC(=O)NNC(=O)COc1ccc(Cl)cc1Cl. The van der Waals surface area contributed by atoms with Gasteiger partial charge in [0.2, 0.25) is 5.91 Å². The number of methoxy groups -OCH3 is 1. The second kappa shape index (κ2) is 9.11. The molecule has 0 atom stereocenters. The van der Waals surface area contributed by atoms with E-state index >= 15 is 0 Å². The summed E-state index contributed by atoms with van der Waals surface area (Å²) < 4.78 is 9.56. The van der Waals surface area contributed by atoms with Gasteiger partial charge >= 0.3 is 5.97 Å². The Hall–Kier alpha value is -1.99. The molecule has 0 radical (unpaired) electrons. The van der Waals surface area contributed by atoms with Crippen LogP contribution in [0.25, 0.3) is 0 Å². The van der Waals surface area contributed by atoms with Gasteiger partial charge in [-0.2, -0.15) is 0 Å². The number of carbonyl (C=O) groups is 3. The van der Waals surface area contributed by atoms with Crippen molar-refractivity contribution in [2.24, 2.45) is 0 Å². The smallest absolute Gasteiger partial charge is 0.306 e. The summed E-state index contributed by atoms with van der Waals surface area (Å²) in [6, 6.07) is 4.56. The van der Waals surface area contributed by atoms with E-state index in [9.17, 15) is 14.4 Å². The Labute approximate surface area is 136 Å². The Morgan fingerprint density at radius 1 is 1.09 bits per heavy atom. The first-order valence-corrected chi connectivity index (χ1v) is 6.90. The van der Waals surface area contributed by atoms with E-state index in [1.807, 2.05) is 0 Å². The van der Waals surface area contributed by atoms with Crippen LogP contribution in [0.5, 0.6) is 5.75 Å². The van der Waals surface area contributed by atoms with Gasteiger partial charge in [0, 0.05) is 11.4 Å². The predicted octanol–water partition coefficient (Wildman–Crippen LogP) is 1.47. The van der Waals surface area contributed by atoms with Crippen LogP contribution < -0.4 is 15.6 Å². The van der Waals surface area contributed by atoms with Crippen LogP contribution in [0.2, 0.25) is 10.0 Å². The summed E-state index contributed by atoms with van der Waals surface area (Å²) in [5.41, 5.74) is 4.28. The van der Waals surface area contributed by atoms with E-state index in [0.29, 0.717) is 10.8 Å². The molecule has 0 heterocycles. The molecule has 2 amide bonds. The van der Waals surface area contributed by atoms with Gasteiger partial charge in [0.25, 0.3) is 5.91 Å². The number of carbonyl (C=O) groups excluding carboxylic acids is 3. The third-order valence-corrected chi connectivity index (χ3v) is 2.91. The molecular weight excluding hydrogens is 335 g/mol. The van der Waals surface area contributed by atoms with Crippen molar-refractivity contribution in [3.63, 3.8) is 0 Å². The summed E-state index contributed by atoms with van der Waals surface area (Å²) in [7, 11) is 1.22. The van der Waals surface area contributed by atoms with Gasteiger partial charge in [-0.1, -0.05) is 23.2 Å². The van der Waals surface area contributed by atoms with Gasteiger partial charge in [-0.25, -0.2) is 0 Å². The molecular formula is C13H14Cl2N2O5. The van der Waals surface area contributed by atoms with Crippen LogP contribution in [-0.2, 0) is 19.1 Å². The second-order valence-corrected chi connectivity index (χ2v) is 4.88. The largest absolute Gasteiger partial charge is 0.482 e. The van der Waals surface area contributed by atoms with E-state index in [0.717, 1.165) is 0 Å². The summed E-state index contributed by atoms with van der Waals surface area (Å²) in [5, 5.41) is 0.710. The molecule has 7 nitrogen and oxygen atoms in total. The van der Waals surface area contributed by atoms with E-state index in [2.05, 4.69) is 15.6 Å². The van der Waals surface area contributed by atoms with Crippen LogP contribution in [0.3, 0.4) is 0 Å². The van der Waals surface area contributed by atoms with Gasteiger partial charge < -0.3 is 9.47 Å². The number of amides is 2. The lowest BCUT2D eigenvalue weighted by Gasteiger charge is -2.09. The summed E-state index contributed by atoms with van der Waals surface area (Å²) >= 11 is 11.6. The van der Waals surface area contributed by atoms with Gasteiger partial charge in [0.15, 0.2) is 6.61 Å². The second-order valence-electron chi connectivity index (χ2n) is 4.04. The fourth-order valence-electron chi connectivity index (χ4n) is 1.29. The monoisotopic (exact) mass is 348 g/mol. The lowest BCUT2D eigenvalue weighted by molar-refractivity contribution is -0.142. The molecule has 0 aliphatic carbocycles. The molecule has 0 saturated carbocycles. The zero-order valence-corrected chi connectivity index (χ0v) is 13.2. The molecule has 1 aromatic rings. The maximum atomic E-state index is 11.5. The van der Waals surface area contributed by atoms with Gasteiger partial charge in [0.1, 0.15) is 5.75 Å². The number of esters is 1. The van der Waals surface area contributed by atoms with Crippen LogP contribution in [0.4, 0.5) is 0 Å². The minimum atomic E-state index is -0.586. The minimum absolute atomic E-state index is 0.0743. The van der Waals surface area contributed by atoms with Gasteiger partial charge in [0.05, 0.1) is 18.6 Å². The summed E-state index contributed by atoms with van der Waals surface area (Å²) in [6.45, 7) is -0.349. The molecule has 2 N–H and O–H groups in total. The molecule has 22 heavy (non-hydrogen) atoms. The van der Waals surface area contributed by atoms with Crippen LogP contribution in [0, 0.1) is 0 Å². The van der Waals surface area contributed by atoms with Crippen molar-refractivity contribution >= 4 is 41.0 Å². The Bertz CT molecular complexity index is 565. The zero-order valence-electron chi connectivity index (χ0n) is 11.7. The topological polar surface area (TPSA) is 93.7 Å². The zero-order chi connectivity index (χ0) is 16.5. The van der Waals surface area contributed by atoms with E-state index in [4.69, 9.17) is 27.9 Å². The number of hydrazine groups is 1. The first-order chi connectivity index (χ1) is 10.4. The van der Waals surface area contributed by atoms with E-state index in [1.54, 1.807) is 6.07 Å². The number of hydrogen-bond acceptors (Lipinski definition) is 5.